The monoisotopic (exact) mass is 145 g/mol. The molecule has 0 spiro atoms. The van der Waals surface area contributed by atoms with E-state index in [1.54, 1.807) is 6.92 Å². The second-order valence-corrected chi connectivity index (χ2v) is 1.60. The van der Waals surface area contributed by atoms with Crippen molar-refractivity contribution in [3.8, 4) is 0 Å². The van der Waals surface area contributed by atoms with Crippen molar-refractivity contribution in [1.29, 1.82) is 0 Å². The summed E-state index contributed by atoms with van der Waals surface area (Å²) >= 11 is 0. The number of hydrogen-bond donors (Lipinski definition) is 1. The van der Waals surface area contributed by atoms with Crippen LogP contribution in [0.4, 0.5) is 8.78 Å². The molecule has 0 aromatic rings. The standard InChI is InChI=1S/C4H9F2N.ClH/c1-3(7)2-4(5)6;/h3-4H,2,7H2,1H3;1H. The fourth-order valence-corrected chi connectivity index (χ4v) is 0.281. The van der Waals surface area contributed by atoms with Gasteiger partial charge in [-0.05, 0) is 6.92 Å². The molecule has 4 heteroatoms. The highest BCUT2D eigenvalue weighted by Gasteiger charge is 2.03. The molecule has 0 aliphatic rings. The maximum Gasteiger partial charge on any atom is 0.240 e. The van der Waals surface area contributed by atoms with Crippen molar-refractivity contribution in [2.24, 2.45) is 5.73 Å². The molecule has 8 heavy (non-hydrogen) atoms. The quantitative estimate of drug-likeness (QED) is 0.625. The molecule has 1 nitrogen and oxygen atoms in total. The minimum atomic E-state index is -2.25. The molecule has 2 N–H and O–H groups in total. The normalized spacial score (nSPS) is 13.1. The predicted molar refractivity (Wildman–Crippen MR) is 31.5 cm³/mol. The van der Waals surface area contributed by atoms with Crippen LogP contribution in [0.3, 0.4) is 0 Å². The number of nitrogens with two attached hydrogens (primary N) is 1. The summed E-state index contributed by atoms with van der Waals surface area (Å²) in [4.78, 5) is 0. The number of rotatable bonds is 2. The molecule has 0 radical (unpaired) electrons. The zero-order valence-corrected chi connectivity index (χ0v) is 5.42. The summed E-state index contributed by atoms with van der Waals surface area (Å²) < 4.78 is 22.4. The topological polar surface area (TPSA) is 26.0 Å². The van der Waals surface area contributed by atoms with E-state index in [2.05, 4.69) is 0 Å². The van der Waals surface area contributed by atoms with E-state index in [9.17, 15) is 8.78 Å². The van der Waals surface area contributed by atoms with Gasteiger partial charge in [-0.15, -0.1) is 12.4 Å². The summed E-state index contributed by atoms with van der Waals surface area (Å²) in [5.74, 6) is 0. The lowest BCUT2D eigenvalue weighted by Crippen LogP contribution is -2.17. The summed E-state index contributed by atoms with van der Waals surface area (Å²) in [6, 6.07) is -0.375. The first-order valence-electron chi connectivity index (χ1n) is 2.16. The maximum absolute atomic E-state index is 11.2. The van der Waals surface area contributed by atoms with Crippen LogP contribution >= 0.6 is 12.4 Å². The van der Waals surface area contributed by atoms with Crippen LogP contribution in [0.2, 0.25) is 0 Å². The third-order valence-electron chi connectivity index (χ3n) is 0.550. The largest absolute Gasteiger partial charge is 0.328 e. The zero-order chi connectivity index (χ0) is 5.86. The van der Waals surface area contributed by atoms with Gasteiger partial charge in [-0.25, -0.2) is 8.78 Å². The molecule has 0 aromatic carbocycles. The van der Waals surface area contributed by atoms with Crippen molar-refractivity contribution < 1.29 is 8.78 Å². The molecule has 0 bridgehead atoms. The van der Waals surface area contributed by atoms with Crippen molar-refractivity contribution in [2.75, 3.05) is 0 Å². The zero-order valence-electron chi connectivity index (χ0n) is 4.60. The van der Waals surface area contributed by atoms with Gasteiger partial charge in [-0.3, -0.25) is 0 Å². The van der Waals surface area contributed by atoms with Crippen molar-refractivity contribution in [3.63, 3.8) is 0 Å². The van der Waals surface area contributed by atoms with Crippen LogP contribution in [0, 0.1) is 0 Å². The van der Waals surface area contributed by atoms with Gasteiger partial charge in [0.2, 0.25) is 6.43 Å². The summed E-state index contributed by atoms with van der Waals surface area (Å²) in [6.45, 7) is 1.56. The van der Waals surface area contributed by atoms with Crippen molar-refractivity contribution in [2.45, 2.75) is 25.8 Å². The van der Waals surface area contributed by atoms with Gasteiger partial charge in [-0.1, -0.05) is 0 Å². The molecule has 0 fully saturated rings. The fourth-order valence-electron chi connectivity index (χ4n) is 0.281. The van der Waals surface area contributed by atoms with Crippen LogP contribution in [-0.4, -0.2) is 12.5 Å². The lowest BCUT2D eigenvalue weighted by molar-refractivity contribution is 0.130. The van der Waals surface area contributed by atoms with E-state index < -0.39 is 6.43 Å². The van der Waals surface area contributed by atoms with Crippen LogP contribution in [0.15, 0.2) is 0 Å². The molecular formula is C4H10ClF2N. The van der Waals surface area contributed by atoms with E-state index in [4.69, 9.17) is 5.73 Å². The molecule has 0 aliphatic heterocycles. The smallest absolute Gasteiger partial charge is 0.240 e. The highest BCUT2D eigenvalue weighted by Crippen LogP contribution is 1.99. The fraction of sp³-hybridized carbons (Fsp3) is 1.00. The van der Waals surface area contributed by atoms with E-state index in [0.717, 1.165) is 0 Å². The van der Waals surface area contributed by atoms with Crippen LogP contribution in [0.1, 0.15) is 13.3 Å². The Hall–Kier alpha value is 0.110. The Kier molecular flexibility index (Phi) is 7.21. The van der Waals surface area contributed by atoms with Gasteiger partial charge in [0.1, 0.15) is 0 Å². The van der Waals surface area contributed by atoms with Crippen molar-refractivity contribution >= 4 is 12.4 Å². The Balaban J connectivity index is 0. The first kappa shape index (κ1) is 11.0. The predicted octanol–water partition coefficient (Wildman–Crippen LogP) is 1.41. The SMILES string of the molecule is CC(N)CC(F)F.Cl. The first-order valence-corrected chi connectivity index (χ1v) is 2.16. The minimum Gasteiger partial charge on any atom is -0.328 e. The molecule has 0 saturated heterocycles. The average molecular weight is 146 g/mol. The Morgan fingerprint density at radius 1 is 1.50 bits per heavy atom. The number of hydrogen-bond acceptors (Lipinski definition) is 1. The second-order valence-electron chi connectivity index (χ2n) is 1.60. The van der Waals surface area contributed by atoms with Crippen LogP contribution < -0.4 is 5.73 Å². The van der Waals surface area contributed by atoms with E-state index in [-0.39, 0.29) is 24.9 Å². The Bertz CT molecular complexity index is 43.3. The van der Waals surface area contributed by atoms with Crippen LogP contribution in [0.25, 0.3) is 0 Å². The third kappa shape index (κ3) is 9.44. The second kappa shape index (κ2) is 5.25. The summed E-state index contributed by atoms with van der Waals surface area (Å²) in [6.07, 6.45) is -2.44. The van der Waals surface area contributed by atoms with Gasteiger partial charge in [0, 0.05) is 12.5 Å². The maximum atomic E-state index is 11.2. The molecule has 0 aliphatic carbocycles. The molecule has 1 atom stereocenters. The van der Waals surface area contributed by atoms with E-state index in [0.29, 0.717) is 0 Å². The lowest BCUT2D eigenvalue weighted by Gasteiger charge is -2.00. The molecule has 0 saturated carbocycles. The molecule has 0 rings (SSSR count). The van der Waals surface area contributed by atoms with Gasteiger partial charge in [-0.2, -0.15) is 0 Å². The Morgan fingerprint density at radius 2 is 1.88 bits per heavy atom. The molecule has 1 unspecified atom stereocenters. The van der Waals surface area contributed by atoms with Gasteiger partial charge in [0.15, 0.2) is 0 Å². The number of alkyl halides is 2. The highest BCUT2D eigenvalue weighted by atomic mass is 35.5. The third-order valence-corrected chi connectivity index (χ3v) is 0.550. The molecular weight excluding hydrogens is 136 g/mol. The van der Waals surface area contributed by atoms with Crippen molar-refractivity contribution in [3.05, 3.63) is 0 Å². The summed E-state index contributed by atoms with van der Waals surface area (Å²) in [5.41, 5.74) is 5.01. The van der Waals surface area contributed by atoms with Crippen molar-refractivity contribution in [1.82, 2.24) is 0 Å². The molecule has 0 aromatic heterocycles. The van der Waals surface area contributed by atoms with Gasteiger partial charge >= 0.3 is 0 Å². The van der Waals surface area contributed by atoms with Gasteiger partial charge < -0.3 is 5.73 Å². The van der Waals surface area contributed by atoms with E-state index in [1.165, 1.54) is 0 Å². The number of halogens is 3. The van der Waals surface area contributed by atoms with Crippen LogP contribution in [-0.2, 0) is 0 Å². The highest BCUT2D eigenvalue weighted by molar-refractivity contribution is 5.85. The average Bonchev–Trinajstić information content (AvgIpc) is 1.27. The molecule has 0 heterocycles. The van der Waals surface area contributed by atoms with E-state index >= 15 is 0 Å². The minimum absolute atomic E-state index is 0. The summed E-state index contributed by atoms with van der Waals surface area (Å²) in [5, 5.41) is 0. The van der Waals surface area contributed by atoms with Crippen LogP contribution in [0.5, 0.6) is 0 Å². The van der Waals surface area contributed by atoms with E-state index in [1.807, 2.05) is 0 Å². The Labute approximate surface area is 53.7 Å². The lowest BCUT2D eigenvalue weighted by atomic mass is 10.3. The van der Waals surface area contributed by atoms with Gasteiger partial charge in [0.25, 0.3) is 0 Å². The molecule has 0 amide bonds. The summed E-state index contributed by atoms with van der Waals surface area (Å²) in [7, 11) is 0. The van der Waals surface area contributed by atoms with Gasteiger partial charge in [0.05, 0.1) is 0 Å². The first-order chi connectivity index (χ1) is 3.13. The Morgan fingerprint density at radius 3 is 1.88 bits per heavy atom. The molecule has 52 valence electrons.